The van der Waals surface area contributed by atoms with Crippen LogP contribution in [0.3, 0.4) is 0 Å². The van der Waals surface area contributed by atoms with Gasteiger partial charge in [0.1, 0.15) is 11.5 Å². The quantitative estimate of drug-likeness (QED) is 0.395. The van der Waals surface area contributed by atoms with Crippen LogP contribution in [0.2, 0.25) is 0 Å². The van der Waals surface area contributed by atoms with Crippen LogP contribution < -0.4 is 32.8 Å². The summed E-state index contributed by atoms with van der Waals surface area (Å²) in [5, 5.41) is 0. The molecule has 6 heteroatoms. The maximum absolute atomic E-state index is 13.2. The molecule has 4 bridgehead atoms. The summed E-state index contributed by atoms with van der Waals surface area (Å²) in [5.41, 5.74) is 5.43. The van der Waals surface area contributed by atoms with Crippen LogP contribution in [-0.4, -0.2) is 0 Å². The van der Waals surface area contributed by atoms with E-state index in [0.29, 0.717) is 17.9 Å². The zero-order valence-electron chi connectivity index (χ0n) is 24.1. The largest absolute Gasteiger partial charge is 1.00 e. The van der Waals surface area contributed by atoms with E-state index in [0.717, 1.165) is 22.3 Å². The molecular formula is C29H42LiO4P. The second kappa shape index (κ2) is 9.29. The first-order chi connectivity index (χ1) is 15.1. The average molecular weight is 493 g/mol. The van der Waals surface area contributed by atoms with E-state index in [1.165, 1.54) is 11.1 Å². The van der Waals surface area contributed by atoms with E-state index < -0.39 is 7.82 Å². The molecule has 188 valence electrons. The van der Waals surface area contributed by atoms with Gasteiger partial charge in [0.15, 0.2) is 0 Å². The number of hydrogen-bond donors (Lipinski definition) is 0. The van der Waals surface area contributed by atoms with Crippen molar-refractivity contribution in [1.29, 1.82) is 0 Å². The van der Waals surface area contributed by atoms with Crippen LogP contribution in [0, 0.1) is 0 Å². The molecule has 2 aromatic carbocycles. The normalized spacial score (nSPS) is 16.0. The molecule has 0 atom stereocenters. The fourth-order valence-corrected chi connectivity index (χ4v) is 5.54. The van der Waals surface area contributed by atoms with Gasteiger partial charge in [0.05, 0.1) is 0 Å². The molecule has 2 aromatic rings. The van der Waals surface area contributed by atoms with Crippen molar-refractivity contribution >= 4 is 7.82 Å². The van der Waals surface area contributed by atoms with Crippen LogP contribution in [0.1, 0.15) is 116 Å². The van der Waals surface area contributed by atoms with Crippen LogP contribution in [0.4, 0.5) is 0 Å². The number of rotatable bonds is 0. The van der Waals surface area contributed by atoms with Crippen molar-refractivity contribution in [1.82, 2.24) is 0 Å². The summed E-state index contributed by atoms with van der Waals surface area (Å²) in [6.07, 6.45) is 0.671. The van der Waals surface area contributed by atoms with Crippen LogP contribution in [0.25, 0.3) is 0 Å². The topological polar surface area (TPSA) is 58.6 Å². The van der Waals surface area contributed by atoms with Gasteiger partial charge in [-0.2, -0.15) is 0 Å². The second-order valence-corrected chi connectivity index (χ2v) is 15.1. The summed E-state index contributed by atoms with van der Waals surface area (Å²) in [5.74, 6) is 0.710. The average Bonchev–Trinajstić information content (AvgIpc) is 2.56. The predicted molar refractivity (Wildman–Crippen MR) is 139 cm³/mol. The number of benzene rings is 2. The van der Waals surface area contributed by atoms with Crippen molar-refractivity contribution in [3.63, 3.8) is 0 Å². The summed E-state index contributed by atoms with van der Waals surface area (Å²) in [6, 6.07) is 8.11. The van der Waals surface area contributed by atoms with E-state index in [4.69, 9.17) is 9.05 Å². The Balaban J connectivity index is 0.00000432. The minimum absolute atomic E-state index is 0. The number of hydrogen-bond acceptors (Lipinski definition) is 4. The van der Waals surface area contributed by atoms with E-state index in [-0.39, 0.29) is 40.5 Å². The molecule has 0 fully saturated rings. The first-order valence-electron chi connectivity index (χ1n) is 12.2. The van der Waals surface area contributed by atoms with E-state index in [1.807, 2.05) is 12.1 Å². The molecule has 3 rings (SSSR count). The van der Waals surface area contributed by atoms with Crippen molar-refractivity contribution < 1.29 is 37.4 Å². The molecule has 0 saturated carbocycles. The molecule has 1 aliphatic heterocycles. The second-order valence-electron chi connectivity index (χ2n) is 13.8. The Morgan fingerprint density at radius 2 is 0.886 bits per heavy atom. The Bertz CT molecular complexity index is 1070. The van der Waals surface area contributed by atoms with E-state index in [2.05, 4.69) is 95.2 Å². The molecule has 35 heavy (non-hydrogen) atoms. The molecule has 0 radical (unpaired) electrons. The number of phosphoric acid groups is 1. The fraction of sp³-hybridized carbons (Fsp3) is 0.586. The van der Waals surface area contributed by atoms with Crippen molar-refractivity contribution in [3.05, 3.63) is 57.6 Å². The van der Waals surface area contributed by atoms with Gasteiger partial charge in [0.2, 0.25) is 0 Å². The molecule has 0 saturated heterocycles. The molecule has 0 unspecified atom stereocenters. The van der Waals surface area contributed by atoms with Crippen molar-refractivity contribution in [3.8, 4) is 11.5 Å². The number of fused-ring (bicyclic) bond motifs is 4. The van der Waals surface area contributed by atoms with Gasteiger partial charge >= 0.3 is 26.7 Å². The summed E-state index contributed by atoms with van der Waals surface area (Å²) in [4.78, 5) is 13.2. The van der Waals surface area contributed by atoms with Gasteiger partial charge < -0.3 is 13.9 Å². The maximum atomic E-state index is 13.2. The molecule has 1 heterocycles. The summed E-state index contributed by atoms with van der Waals surface area (Å²) in [7, 11) is -4.68. The first-order valence-corrected chi connectivity index (χ1v) is 13.6. The third kappa shape index (κ3) is 6.59. The van der Waals surface area contributed by atoms with Crippen molar-refractivity contribution in [2.75, 3.05) is 0 Å². The third-order valence-corrected chi connectivity index (χ3v) is 7.28. The minimum Gasteiger partial charge on any atom is -0.736 e. The van der Waals surface area contributed by atoms with Gasteiger partial charge in [-0.25, -0.2) is 4.57 Å². The van der Waals surface area contributed by atoms with Gasteiger partial charge in [-0.1, -0.05) is 95.2 Å². The Labute approximate surface area is 225 Å². The van der Waals surface area contributed by atoms with Gasteiger partial charge in [0.25, 0.3) is 0 Å². The van der Waals surface area contributed by atoms with Crippen molar-refractivity contribution in [2.24, 2.45) is 0 Å². The number of phosphoric ester groups is 1. The maximum Gasteiger partial charge on any atom is 1.00 e. The molecule has 0 spiro atoms. The van der Waals surface area contributed by atoms with E-state index in [1.54, 1.807) is 0 Å². The third-order valence-electron chi connectivity index (χ3n) is 6.44. The summed E-state index contributed by atoms with van der Waals surface area (Å²) < 4.78 is 24.6. The Hall–Kier alpha value is -1.17. The first kappa shape index (κ1) is 30.1. The van der Waals surface area contributed by atoms with Crippen molar-refractivity contribution in [2.45, 2.75) is 111 Å². The SMILES string of the molecule is CC(C)(C)c1cc(C(C)(C)C)c2cc1Cc1cc(c(C(C)(C)C)cc1C(C)(C)C)OP(=O)([O-])O2.[Li+]. The van der Waals surface area contributed by atoms with E-state index in [9.17, 15) is 9.46 Å². The molecule has 0 N–H and O–H groups in total. The summed E-state index contributed by atoms with van der Waals surface area (Å²) in [6.45, 7) is 25.6. The van der Waals surface area contributed by atoms with Crippen LogP contribution >= 0.6 is 7.82 Å². The molecule has 0 aromatic heterocycles. The monoisotopic (exact) mass is 492 g/mol. The van der Waals surface area contributed by atoms with Gasteiger partial charge in [-0.05, 0) is 62.5 Å². The van der Waals surface area contributed by atoms with E-state index >= 15 is 0 Å². The van der Waals surface area contributed by atoms with Gasteiger partial charge in [0, 0.05) is 11.1 Å². The fourth-order valence-electron chi connectivity index (χ4n) is 4.72. The molecule has 0 amide bonds. The Morgan fingerprint density at radius 1 is 0.600 bits per heavy atom. The minimum atomic E-state index is -4.68. The predicted octanol–water partition coefficient (Wildman–Crippen LogP) is 4.71. The molecule has 0 aliphatic carbocycles. The zero-order chi connectivity index (χ0) is 26.1. The standard InChI is InChI=1S/C29H43O4P.Li/c1-26(2,3)20-16-22(28(7,8)9)24-14-18(20)13-19-15-25(33-34(30,31)32-24)23(29(10,11)12)17-21(19)27(4,5)6;/h14-17H,13H2,1-12H3,(H,30,31);/q;+1/p-1. The van der Waals surface area contributed by atoms with Crippen LogP contribution in [0.15, 0.2) is 24.3 Å². The zero-order valence-corrected chi connectivity index (χ0v) is 25.0. The smallest absolute Gasteiger partial charge is 0.736 e. The Morgan fingerprint density at radius 3 is 1.14 bits per heavy atom. The molecular weight excluding hydrogens is 450 g/mol. The van der Waals surface area contributed by atoms with Gasteiger partial charge in [-0.15, -0.1) is 0 Å². The van der Waals surface area contributed by atoms with Crippen LogP contribution in [0.5, 0.6) is 11.5 Å². The summed E-state index contributed by atoms with van der Waals surface area (Å²) >= 11 is 0. The van der Waals surface area contributed by atoms with Crippen LogP contribution in [-0.2, 0) is 32.6 Å². The van der Waals surface area contributed by atoms with Gasteiger partial charge in [-0.3, -0.25) is 0 Å². The molecule has 1 aliphatic rings. The molecule has 4 nitrogen and oxygen atoms in total. The Kier molecular flexibility index (Phi) is 7.98.